The molecule has 28 heavy (non-hydrogen) atoms. The van der Waals surface area contributed by atoms with Crippen molar-refractivity contribution in [2.24, 2.45) is 0 Å². The average molecular weight is 373 g/mol. The molecule has 3 aromatic carbocycles. The first-order valence-corrected chi connectivity index (χ1v) is 10.5. The van der Waals surface area contributed by atoms with Gasteiger partial charge in [0.25, 0.3) is 0 Å². The highest BCUT2D eigenvalue weighted by atomic mass is 15.2. The van der Waals surface area contributed by atoms with Gasteiger partial charge in [0.1, 0.15) is 0 Å². The zero-order valence-electron chi connectivity index (χ0n) is 17.7. The fraction of sp³-hybridized carbons (Fsp3) is 0.308. The topological polar surface area (TPSA) is 6.48 Å². The molecule has 2 nitrogen and oxygen atoms in total. The summed E-state index contributed by atoms with van der Waals surface area (Å²) in [7, 11) is 0. The van der Waals surface area contributed by atoms with E-state index in [1.165, 1.54) is 33.6 Å². The first kappa shape index (κ1) is 20.0. The molecule has 0 unspecified atom stereocenters. The van der Waals surface area contributed by atoms with Crippen LogP contribution in [0.1, 0.15) is 27.7 Å². The van der Waals surface area contributed by atoms with Gasteiger partial charge < -0.3 is 9.80 Å². The molecule has 0 saturated heterocycles. The van der Waals surface area contributed by atoms with Crippen LogP contribution in [0.15, 0.2) is 72.8 Å². The van der Waals surface area contributed by atoms with E-state index in [1.807, 2.05) is 0 Å². The molecule has 3 rings (SSSR count). The number of benzene rings is 3. The van der Waals surface area contributed by atoms with Gasteiger partial charge in [-0.1, -0.05) is 66.7 Å². The normalized spacial score (nSPS) is 10.7. The Bertz CT molecular complexity index is 864. The van der Waals surface area contributed by atoms with Crippen LogP contribution < -0.4 is 9.80 Å². The zero-order valence-corrected chi connectivity index (χ0v) is 17.7. The van der Waals surface area contributed by atoms with Crippen molar-refractivity contribution in [1.82, 2.24) is 0 Å². The lowest BCUT2D eigenvalue weighted by atomic mass is 9.91. The molecule has 0 heterocycles. The third kappa shape index (κ3) is 3.91. The summed E-state index contributed by atoms with van der Waals surface area (Å²) in [5.41, 5.74) is 7.84. The van der Waals surface area contributed by atoms with Crippen LogP contribution in [0, 0.1) is 0 Å². The van der Waals surface area contributed by atoms with E-state index in [-0.39, 0.29) is 0 Å². The highest BCUT2D eigenvalue weighted by Crippen LogP contribution is 2.45. The van der Waals surface area contributed by atoms with E-state index in [0.717, 1.165) is 26.2 Å². The predicted molar refractivity (Wildman–Crippen MR) is 124 cm³/mol. The van der Waals surface area contributed by atoms with Crippen molar-refractivity contribution in [2.75, 3.05) is 36.0 Å². The van der Waals surface area contributed by atoms with Crippen molar-refractivity contribution < 1.29 is 0 Å². The first-order chi connectivity index (χ1) is 13.7. The Morgan fingerprint density at radius 2 is 1.04 bits per heavy atom. The summed E-state index contributed by atoms with van der Waals surface area (Å²) in [5, 5.41) is 0. The molecule has 0 N–H and O–H groups in total. The Morgan fingerprint density at radius 3 is 1.54 bits per heavy atom. The zero-order chi connectivity index (χ0) is 19.9. The van der Waals surface area contributed by atoms with Crippen molar-refractivity contribution in [2.45, 2.75) is 27.7 Å². The number of nitrogens with zero attached hydrogens (tertiary/aromatic N) is 2. The molecule has 0 aromatic heterocycles. The summed E-state index contributed by atoms with van der Waals surface area (Å²) in [6.07, 6.45) is 0. The van der Waals surface area contributed by atoms with E-state index in [1.54, 1.807) is 0 Å². The standard InChI is InChI=1S/C26H32N2/c1-5-27(6-2)24-20-19-23(21-15-11-9-12-16-21)25(22-17-13-10-14-18-22)26(24)28(7-3)8-4/h9-20H,5-8H2,1-4H3. The molecule has 146 valence electrons. The maximum Gasteiger partial charge on any atom is 0.0689 e. The summed E-state index contributed by atoms with van der Waals surface area (Å²) in [6.45, 7) is 13.0. The van der Waals surface area contributed by atoms with E-state index in [4.69, 9.17) is 0 Å². The van der Waals surface area contributed by atoms with Crippen LogP contribution in [-0.4, -0.2) is 26.2 Å². The van der Waals surface area contributed by atoms with Crippen molar-refractivity contribution >= 4 is 11.4 Å². The molecule has 0 atom stereocenters. The Kier molecular flexibility index (Phi) is 6.76. The van der Waals surface area contributed by atoms with Crippen molar-refractivity contribution in [3.63, 3.8) is 0 Å². The molecule has 0 radical (unpaired) electrons. The van der Waals surface area contributed by atoms with Crippen LogP contribution in [-0.2, 0) is 0 Å². The molecule has 0 amide bonds. The van der Waals surface area contributed by atoms with Gasteiger partial charge in [-0.3, -0.25) is 0 Å². The average Bonchev–Trinajstić information content (AvgIpc) is 2.77. The Balaban J connectivity index is 2.39. The minimum atomic E-state index is 0.989. The summed E-state index contributed by atoms with van der Waals surface area (Å²) >= 11 is 0. The molecular formula is C26H32N2. The SMILES string of the molecule is CCN(CC)c1ccc(-c2ccccc2)c(-c2ccccc2)c1N(CC)CC. The number of anilines is 2. The lowest BCUT2D eigenvalue weighted by Crippen LogP contribution is -2.29. The molecule has 0 saturated carbocycles. The van der Waals surface area contributed by atoms with Gasteiger partial charge in [0.2, 0.25) is 0 Å². The van der Waals surface area contributed by atoms with Crippen LogP contribution in [0.2, 0.25) is 0 Å². The fourth-order valence-corrected chi connectivity index (χ4v) is 4.01. The van der Waals surface area contributed by atoms with Crippen molar-refractivity contribution in [3.8, 4) is 22.3 Å². The molecule has 3 aromatic rings. The lowest BCUT2D eigenvalue weighted by Gasteiger charge is -2.33. The van der Waals surface area contributed by atoms with Gasteiger partial charge in [-0.25, -0.2) is 0 Å². The number of rotatable bonds is 8. The quantitative estimate of drug-likeness (QED) is 0.433. The first-order valence-electron chi connectivity index (χ1n) is 10.5. The second-order valence-corrected chi connectivity index (χ2v) is 6.93. The molecule has 0 aliphatic carbocycles. The smallest absolute Gasteiger partial charge is 0.0689 e. The van der Waals surface area contributed by atoms with Crippen LogP contribution in [0.5, 0.6) is 0 Å². The minimum Gasteiger partial charge on any atom is -0.370 e. The van der Waals surface area contributed by atoms with Gasteiger partial charge in [-0.15, -0.1) is 0 Å². The summed E-state index contributed by atoms with van der Waals surface area (Å²) in [4.78, 5) is 4.97. The predicted octanol–water partition coefficient (Wildman–Crippen LogP) is 6.71. The third-order valence-electron chi connectivity index (χ3n) is 5.49. The van der Waals surface area contributed by atoms with Gasteiger partial charge in [0.15, 0.2) is 0 Å². The van der Waals surface area contributed by atoms with Gasteiger partial charge in [0.05, 0.1) is 11.4 Å². The molecule has 2 heteroatoms. The maximum absolute atomic E-state index is 2.50. The molecule has 0 aliphatic rings. The second kappa shape index (κ2) is 9.45. The highest BCUT2D eigenvalue weighted by Gasteiger charge is 2.22. The number of hydrogen-bond acceptors (Lipinski definition) is 2. The Labute approximate surface area is 170 Å². The highest BCUT2D eigenvalue weighted by molar-refractivity contribution is 5.98. The molecule has 0 bridgehead atoms. The largest absolute Gasteiger partial charge is 0.370 e. The van der Waals surface area contributed by atoms with E-state index in [0.29, 0.717) is 0 Å². The van der Waals surface area contributed by atoms with Crippen LogP contribution in [0.3, 0.4) is 0 Å². The second-order valence-electron chi connectivity index (χ2n) is 6.93. The minimum absolute atomic E-state index is 0.989. The maximum atomic E-state index is 2.50. The van der Waals surface area contributed by atoms with E-state index < -0.39 is 0 Å². The number of hydrogen-bond donors (Lipinski definition) is 0. The Morgan fingerprint density at radius 1 is 0.536 bits per heavy atom. The van der Waals surface area contributed by atoms with Gasteiger partial charge in [0, 0.05) is 31.7 Å². The van der Waals surface area contributed by atoms with E-state index in [9.17, 15) is 0 Å². The molecule has 0 fully saturated rings. The van der Waals surface area contributed by atoms with Crippen molar-refractivity contribution in [1.29, 1.82) is 0 Å². The summed E-state index contributed by atoms with van der Waals surface area (Å²) < 4.78 is 0. The van der Waals surface area contributed by atoms with Crippen LogP contribution in [0.4, 0.5) is 11.4 Å². The van der Waals surface area contributed by atoms with Gasteiger partial charge in [-0.2, -0.15) is 0 Å². The van der Waals surface area contributed by atoms with Crippen molar-refractivity contribution in [3.05, 3.63) is 72.8 Å². The molecular weight excluding hydrogens is 340 g/mol. The van der Waals surface area contributed by atoms with E-state index in [2.05, 4.69) is 110 Å². The van der Waals surface area contributed by atoms with E-state index >= 15 is 0 Å². The molecule has 0 spiro atoms. The van der Waals surface area contributed by atoms with Crippen LogP contribution >= 0.6 is 0 Å². The monoisotopic (exact) mass is 372 g/mol. The van der Waals surface area contributed by atoms with Crippen LogP contribution in [0.25, 0.3) is 22.3 Å². The van der Waals surface area contributed by atoms with Gasteiger partial charge >= 0.3 is 0 Å². The lowest BCUT2D eigenvalue weighted by molar-refractivity contribution is 0.834. The summed E-state index contributed by atoms with van der Waals surface area (Å²) in [6, 6.07) is 26.2. The summed E-state index contributed by atoms with van der Waals surface area (Å²) in [5.74, 6) is 0. The van der Waals surface area contributed by atoms with Gasteiger partial charge in [-0.05, 0) is 50.5 Å². The fourth-order valence-electron chi connectivity index (χ4n) is 4.01. The third-order valence-corrected chi connectivity index (χ3v) is 5.49. The molecule has 0 aliphatic heterocycles. The Hall–Kier alpha value is -2.74.